The SMILES string of the molecule is Cc1ccc(N2CCN(c3cc(C)nc4c(-c5ccc(F)cc5)c(C(F)(F)F)nn34)CC2)cc1. The van der Waals surface area contributed by atoms with Gasteiger partial charge in [0.15, 0.2) is 11.3 Å². The maximum absolute atomic E-state index is 14.0. The summed E-state index contributed by atoms with van der Waals surface area (Å²) < 4.78 is 56.7. The molecule has 0 amide bonds. The Morgan fingerprint density at radius 3 is 2.06 bits per heavy atom. The first-order valence-electron chi connectivity index (χ1n) is 11.0. The first-order valence-corrected chi connectivity index (χ1v) is 11.0. The lowest BCUT2D eigenvalue weighted by molar-refractivity contribution is -0.140. The Bertz CT molecular complexity index is 1320. The van der Waals surface area contributed by atoms with Crippen LogP contribution in [0, 0.1) is 19.7 Å². The molecule has 0 radical (unpaired) electrons. The molecular weight excluding hydrogens is 446 g/mol. The van der Waals surface area contributed by atoms with E-state index in [-0.39, 0.29) is 16.8 Å². The zero-order valence-electron chi connectivity index (χ0n) is 18.8. The fraction of sp³-hybridized carbons (Fsp3) is 0.280. The van der Waals surface area contributed by atoms with Crippen LogP contribution in [0.25, 0.3) is 16.8 Å². The van der Waals surface area contributed by atoms with E-state index >= 15 is 0 Å². The van der Waals surface area contributed by atoms with Crippen molar-refractivity contribution in [1.29, 1.82) is 0 Å². The van der Waals surface area contributed by atoms with Crippen LogP contribution >= 0.6 is 0 Å². The number of rotatable bonds is 3. The van der Waals surface area contributed by atoms with Crippen molar-refractivity contribution in [2.45, 2.75) is 20.0 Å². The topological polar surface area (TPSA) is 36.7 Å². The smallest absolute Gasteiger partial charge is 0.368 e. The molecule has 1 fully saturated rings. The number of alkyl halides is 3. The monoisotopic (exact) mass is 469 g/mol. The second kappa shape index (κ2) is 8.30. The second-order valence-electron chi connectivity index (χ2n) is 8.53. The molecule has 2 aromatic carbocycles. The van der Waals surface area contributed by atoms with Gasteiger partial charge < -0.3 is 9.80 Å². The summed E-state index contributed by atoms with van der Waals surface area (Å²) in [6, 6.07) is 15.0. The van der Waals surface area contributed by atoms with Crippen molar-refractivity contribution >= 4 is 17.2 Å². The summed E-state index contributed by atoms with van der Waals surface area (Å²) in [7, 11) is 0. The van der Waals surface area contributed by atoms with Gasteiger partial charge >= 0.3 is 6.18 Å². The molecule has 0 N–H and O–H groups in total. The van der Waals surface area contributed by atoms with E-state index in [4.69, 9.17) is 0 Å². The number of fused-ring (bicyclic) bond motifs is 1. The summed E-state index contributed by atoms with van der Waals surface area (Å²) in [5, 5.41) is 3.97. The number of aromatic nitrogens is 3. The highest BCUT2D eigenvalue weighted by Crippen LogP contribution is 2.39. The number of hydrogen-bond donors (Lipinski definition) is 0. The fourth-order valence-corrected chi connectivity index (χ4v) is 4.37. The highest BCUT2D eigenvalue weighted by Gasteiger charge is 2.39. The molecule has 0 unspecified atom stereocenters. The average molecular weight is 469 g/mol. The number of anilines is 2. The molecule has 4 aromatic rings. The van der Waals surface area contributed by atoms with Gasteiger partial charge in [0.1, 0.15) is 11.6 Å². The van der Waals surface area contributed by atoms with E-state index in [0.717, 1.165) is 30.9 Å². The zero-order chi connectivity index (χ0) is 24.0. The summed E-state index contributed by atoms with van der Waals surface area (Å²) in [6.45, 7) is 6.49. The number of hydrogen-bond acceptors (Lipinski definition) is 4. The van der Waals surface area contributed by atoms with Gasteiger partial charge in [0.25, 0.3) is 0 Å². The van der Waals surface area contributed by atoms with Gasteiger partial charge in [-0.3, -0.25) is 0 Å². The summed E-state index contributed by atoms with van der Waals surface area (Å²) >= 11 is 0. The largest absolute Gasteiger partial charge is 0.435 e. The number of halogens is 4. The van der Waals surface area contributed by atoms with Crippen molar-refractivity contribution in [3.05, 3.63) is 77.4 Å². The molecule has 0 spiro atoms. The lowest BCUT2D eigenvalue weighted by atomic mass is 10.1. The van der Waals surface area contributed by atoms with Gasteiger partial charge in [-0.2, -0.15) is 22.8 Å². The zero-order valence-corrected chi connectivity index (χ0v) is 18.8. The number of nitrogens with zero attached hydrogens (tertiary/aromatic N) is 5. The quantitative estimate of drug-likeness (QED) is 0.372. The van der Waals surface area contributed by atoms with Gasteiger partial charge in [0.2, 0.25) is 0 Å². The molecule has 0 bridgehead atoms. The first-order chi connectivity index (χ1) is 16.2. The molecule has 5 rings (SSSR count). The Morgan fingerprint density at radius 1 is 0.824 bits per heavy atom. The predicted molar refractivity (Wildman–Crippen MR) is 124 cm³/mol. The third kappa shape index (κ3) is 4.06. The number of piperazine rings is 1. The van der Waals surface area contributed by atoms with Crippen LogP contribution < -0.4 is 9.80 Å². The molecule has 9 heteroatoms. The number of benzene rings is 2. The molecular formula is C25H23F4N5. The fourth-order valence-electron chi connectivity index (χ4n) is 4.37. The molecule has 1 aliphatic heterocycles. The number of aryl methyl sites for hydroxylation is 2. The molecule has 2 aromatic heterocycles. The molecule has 176 valence electrons. The van der Waals surface area contributed by atoms with Crippen LogP contribution in [0.5, 0.6) is 0 Å². The predicted octanol–water partition coefficient (Wildman–Crippen LogP) is 5.50. The summed E-state index contributed by atoms with van der Waals surface area (Å²) in [5.41, 5.74) is 2.05. The normalized spacial score (nSPS) is 14.8. The van der Waals surface area contributed by atoms with Crippen LogP contribution in [0.1, 0.15) is 17.0 Å². The highest BCUT2D eigenvalue weighted by molar-refractivity contribution is 5.81. The van der Waals surface area contributed by atoms with Crippen LogP contribution in [-0.2, 0) is 6.18 Å². The molecule has 0 saturated carbocycles. The van der Waals surface area contributed by atoms with E-state index in [1.807, 2.05) is 11.8 Å². The Balaban J connectivity index is 1.55. The summed E-state index contributed by atoms with van der Waals surface area (Å²) in [5.74, 6) is 0.0370. The van der Waals surface area contributed by atoms with Gasteiger partial charge in [-0.05, 0) is 43.7 Å². The van der Waals surface area contributed by atoms with E-state index in [1.54, 1.807) is 13.0 Å². The molecule has 0 atom stereocenters. The first kappa shape index (κ1) is 22.2. The minimum absolute atomic E-state index is 0.106. The molecule has 3 heterocycles. The third-order valence-corrected chi connectivity index (χ3v) is 6.10. The second-order valence-corrected chi connectivity index (χ2v) is 8.53. The van der Waals surface area contributed by atoms with Gasteiger partial charge in [-0.1, -0.05) is 29.8 Å². The molecule has 0 aliphatic carbocycles. The van der Waals surface area contributed by atoms with E-state index in [1.165, 1.54) is 22.2 Å². The van der Waals surface area contributed by atoms with Crippen LogP contribution in [0.15, 0.2) is 54.6 Å². The Morgan fingerprint density at radius 2 is 1.44 bits per heavy atom. The molecule has 34 heavy (non-hydrogen) atoms. The highest BCUT2D eigenvalue weighted by atomic mass is 19.4. The van der Waals surface area contributed by atoms with Gasteiger partial charge in [0.05, 0.1) is 5.56 Å². The van der Waals surface area contributed by atoms with E-state index in [2.05, 4.69) is 39.2 Å². The van der Waals surface area contributed by atoms with Crippen molar-refractivity contribution in [3.8, 4) is 11.1 Å². The van der Waals surface area contributed by atoms with Crippen molar-refractivity contribution in [3.63, 3.8) is 0 Å². The van der Waals surface area contributed by atoms with Crippen LogP contribution in [0.2, 0.25) is 0 Å². The Hall–Kier alpha value is -3.62. The van der Waals surface area contributed by atoms with E-state index in [9.17, 15) is 17.6 Å². The lowest BCUT2D eigenvalue weighted by Crippen LogP contribution is -2.47. The van der Waals surface area contributed by atoms with Gasteiger partial charge in [-0.25, -0.2) is 9.37 Å². The summed E-state index contributed by atoms with van der Waals surface area (Å²) in [6.07, 6.45) is -4.69. The molecule has 1 aliphatic rings. The van der Waals surface area contributed by atoms with Gasteiger partial charge in [-0.15, -0.1) is 0 Å². The molecule has 1 saturated heterocycles. The van der Waals surface area contributed by atoms with Crippen molar-refractivity contribution in [1.82, 2.24) is 14.6 Å². The average Bonchev–Trinajstić information content (AvgIpc) is 3.20. The maximum Gasteiger partial charge on any atom is 0.435 e. The van der Waals surface area contributed by atoms with Crippen molar-refractivity contribution < 1.29 is 17.6 Å². The minimum atomic E-state index is -4.69. The Kier molecular flexibility index (Phi) is 5.42. The Labute approximate surface area is 194 Å². The van der Waals surface area contributed by atoms with Crippen LogP contribution in [0.3, 0.4) is 0 Å². The minimum Gasteiger partial charge on any atom is -0.368 e. The standard InChI is InChI=1S/C25H23F4N5/c1-16-3-9-20(10-4-16)32-11-13-33(14-12-32)21-15-17(2)30-24-22(18-5-7-19(26)8-6-18)23(25(27,28)29)31-34(21)24/h3-10,15H,11-14H2,1-2H3. The summed E-state index contributed by atoms with van der Waals surface area (Å²) in [4.78, 5) is 8.70. The van der Waals surface area contributed by atoms with Crippen molar-refractivity contribution in [2.75, 3.05) is 36.0 Å². The van der Waals surface area contributed by atoms with E-state index in [0.29, 0.717) is 24.6 Å². The third-order valence-electron chi connectivity index (χ3n) is 6.10. The lowest BCUT2D eigenvalue weighted by Gasteiger charge is -2.37. The maximum atomic E-state index is 14.0. The van der Waals surface area contributed by atoms with E-state index < -0.39 is 17.7 Å². The van der Waals surface area contributed by atoms with Crippen LogP contribution in [0.4, 0.5) is 29.1 Å². The van der Waals surface area contributed by atoms with Crippen LogP contribution in [-0.4, -0.2) is 40.8 Å². The van der Waals surface area contributed by atoms with Crippen molar-refractivity contribution in [2.24, 2.45) is 0 Å². The van der Waals surface area contributed by atoms with Gasteiger partial charge in [0, 0.05) is 43.6 Å². The molecule has 5 nitrogen and oxygen atoms in total.